The average molecular weight is 682 g/mol. The number of fused-ring (bicyclic) bond motifs is 1. The van der Waals surface area contributed by atoms with Gasteiger partial charge in [0.15, 0.2) is 0 Å². The Morgan fingerprint density at radius 1 is 0.783 bits per heavy atom. The first-order valence-electron chi connectivity index (χ1n) is 16.2. The van der Waals surface area contributed by atoms with E-state index in [0.29, 0.717) is 13.0 Å². The second-order valence-corrected chi connectivity index (χ2v) is 14.1. The van der Waals surface area contributed by atoms with Crippen molar-refractivity contribution in [3.8, 4) is 5.75 Å². The van der Waals surface area contributed by atoms with Crippen molar-refractivity contribution in [1.82, 2.24) is 3.92 Å². The molecule has 1 aliphatic heterocycles. The molecule has 0 N–H and O–H groups in total. The molecule has 1 heterocycles. The van der Waals surface area contributed by atoms with Gasteiger partial charge in [0.2, 0.25) is 0 Å². The summed E-state index contributed by atoms with van der Waals surface area (Å²) in [4.78, 5) is 24.3. The number of carbonyl (C=O) groups excluding carboxylic acids is 1. The van der Waals surface area contributed by atoms with Crippen LogP contribution in [0.5, 0.6) is 5.75 Å². The van der Waals surface area contributed by atoms with E-state index < -0.39 is 5.54 Å². The van der Waals surface area contributed by atoms with Gasteiger partial charge in [-0.15, -0.1) is 0 Å². The Labute approximate surface area is 279 Å². The molecule has 4 aromatic rings. The number of nitro groups is 1. The summed E-state index contributed by atoms with van der Waals surface area (Å²) in [5.74, 6) is 0.957. The molecule has 238 valence electrons. The van der Waals surface area contributed by atoms with Crippen molar-refractivity contribution in [3.63, 3.8) is 0 Å². The molecule has 0 radical (unpaired) electrons. The average Bonchev–Trinajstić information content (AvgIpc) is 3.36. The number of carbonyl (C=O) groups is 1. The van der Waals surface area contributed by atoms with Gasteiger partial charge in [-0.2, -0.15) is 0 Å². The van der Waals surface area contributed by atoms with E-state index in [4.69, 9.17) is 4.74 Å². The number of hydrogen-bond acceptors (Lipinski definition) is 4. The number of hydrogen-bond donors (Lipinski definition) is 0. The molecule has 0 saturated carbocycles. The van der Waals surface area contributed by atoms with Crippen molar-refractivity contribution in [2.24, 2.45) is 0 Å². The number of rotatable bonds is 14. The normalized spacial score (nSPS) is 14.0. The molecule has 6 nitrogen and oxygen atoms in total. The fraction of sp³-hybridized carbons (Fsp3) is 0.308. The van der Waals surface area contributed by atoms with Crippen molar-refractivity contribution in [1.29, 1.82) is 0 Å². The summed E-state index contributed by atoms with van der Waals surface area (Å²) >= 11 is -0.380. The van der Waals surface area contributed by atoms with Crippen LogP contribution in [0, 0.1) is 10.1 Å². The predicted molar refractivity (Wildman–Crippen MR) is 187 cm³/mol. The van der Waals surface area contributed by atoms with Crippen LogP contribution >= 0.6 is 0 Å². The van der Waals surface area contributed by atoms with E-state index in [1.807, 2.05) is 23.8 Å². The van der Waals surface area contributed by atoms with Gasteiger partial charge in [-0.25, -0.2) is 0 Å². The zero-order valence-corrected chi connectivity index (χ0v) is 28.6. The third-order valence-electron chi connectivity index (χ3n) is 8.55. The molecule has 0 aliphatic carbocycles. The molecule has 0 spiro atoms. The Kier molecular flexibility index (Phi) is 11.1. The molecular weight excluding hydrogens is 639 g/mol. The van der Waals surface area contributed by atoms with Gasteiger partial charge in [-0.05, 0) is 34.3 Å². The second kappa shape index (κ2) is 15.4. The maximum atomic E-state index is 13.1. The van der Waals surface area contributed by atoms with Gasteiger partial charge < -0.3 is 0 Å². The molecule has 0 aromatic heterocycles. The van der Waals surface area contributed by atoms with E-state index in [1.54, 1.807) is 6.07 Å². The van der Waals surface area contributed by atoms with Crippen LogP contribution < -0.4 is 9.20 Å². The van der Waals surface area contributed by atoms with Crippen molar-refractivity contribution < 1.29 is 14.5 Å². The van der Waals surface area contributed by atoms with Crippen molar-refractivity contribution in [2.75, 3.05) is 6.61 Å². The zero-order chi connectivity index (χ0) is 32.5. The van der Waals surface area contributed by atoms with Crippen molar-refractivity contribution in [2.45, 2.75) is 71.3 Å². The third-order valence-corrected chi connectivity index (χ3v) is 11.6. The summed E-state index contributed by atoms with van der Waals surface area (Å²) in [6, 6.07) is 34.8. The van der Waals surface area contributed by atoms with Gasteiger partial charge >= 0.3 is 166 Å². The van der Waals surface area contributed by atoms with Crippen molar-refractivity contribution >= 4 is 42.4 Å². The molecule has 46 heavy (non-hydrogen) atoms. The molecule has 4 aromatic carbocycles. The van der Waals surface area contributed by atoms with Crippen molar-refractivity contribution in [3.05, 3.63) is 135 Å². The molecule has 1 amide bonds. The SMILES string of the molecule is CC/C(=C(\c1ccccc1)c1ccc(OCCCCCCCC(=O)N2[Se]c3c([N+](=O)[O-])cccc3C2(C)C)cc1)c1ccccc1. The quantitative estimate of drug-likeness (QED) is 0.0439. The fourth-order valence-corrected chi connectivity index (χ4v) is 8.97. The first-order chi connectivity index (χ1) is 22.3. The van der Waals surface area contributed by atoms with Gasteiger partial charge in [0.1, 0.15) is 0 Å². The molecule has 1 aliphatic rings. The fourth-order valence-electron chi connectivity index (χ4n) is 6.13. The molecule has 0 fully saturated rings. The van der Waals surface area contributed by atoms with E-state index in [9.17, 15) is 14.9 Å². The van der Waals surface area contributed by atoms with E-state index in [1.165, 1.54) is 33.9 Å². The Morgan fingerprint density at radius 3 is 2.04 bits per heavy atom. The number of allylic oxidation sites excluding steroid dienone is 1. The molecular formula is C39H42N2O4Se. The number of nitrogens with zero attached hydrogens (tertiary/aromatic N) is 2. The summed E-state index contributed by atoms with van der Waals surface area (Å²) in [6.07, 6.45) is 6.24. The minimum Gasteiger partial charge on any atom is -0.0622 e. The minimum atomic E-state index is -0.520. The van der Waals surface area contributed by atoms with Crippen LogP contribution in [-0.2, 0) is 10.3 Å². The molecule has 0 atom stereocenters. The molecule has 5 rings (SSSR count). The summed E-state index contributed by atoms with van der Waals surface area (Å²) in [5.41, 5.74) is 6.70. The zero-order valence-electron chi connectivity index (χ0n) is 26.9. The van der Waals surface area contributed by atoms with Crippen LogP contribution in [0.25, 0.3) is 11.1 Å². The first-order valence-corrected chi connectivity index (χ1v) is 17.8. The second-order valence-electron chi connectivity index (χ2n) is 12.1. The van der Waals surface area contributed by atoms with E-state index in [2.05, 4.69) is 91.9 Å². The van der Waals surface area contributed by atoms with E-state index in [0.717, 1.165) is 54.3 Å². The Balaban J connectivity index is 1.08. The van der Waals surface area contributed by atoms with Gasteiger partial charge in [0.25, 0.3) is 0 Å². The Hall–Kier alpha value is -4.19. The molecule has 7 heteroatoms. The van der Waals surface area contributed by atoms with Crippen LogP contribution in [0.15, 0.2) is 103 Å². The van der Waals surface area contributed by atoms with Gasteiger partial charge in [0.05, 0.1) is 0 Å². The number of amides is 1. The minimum absolute atomic E-state index is 0.0855. The van der Waals surface area contributed by atoms with Crippen LogP contribution in [0.3, 0.4) is 0 Å². The monoisotopic (exact) mass is 682 g/mol. The smallest absolute Gasteiger partial charge is 0.0622 e. The topological polar surface area (TPSA) is 72.7 Å². The van der Waals surface area contributed by atoms with Gasteiger partial charge in [0, 0.05) is 0 Å². The molecule has 0 bridgehead atoms. The number of benzene rings is 4. The number of ether oxygens (including phenoxy) is 1. The van der Waals surface area contributed by atoms with Crippen LogP contribution in [0.2, 0.25) is 0 Å². The number of nitro benzene ring substituents is 1. The summed E-state index contributed by atoms with van der Waals surface area (Å²) in [6.45, 7) is 6.85. The molecule has 0 saturated heterocycles. The summed E-state index contributed by atoms with van der Waals surface area (Å²) < 4.78 is 8.67. The van der Waals surface area contributed by atoms with Crippen LogP contribution in [0.4, 0.5) is 5.69 Å². The third kappa shape index (κ3) is 7.60. The van der Waals surface area contributed by atoms with Gasteiger partial charge in [-0.3, -0.25) is 0 Å². The summed E-state index contributed by atoms with van der Waals surface area (Å²) in [7, 11) is 0. The Morgan fingerprint density at radius 2 is 1.39 bits per heavy atom. The first kappa shape index (κ1) is 33.2. The molecule has 0 unspecified atom stereocenters. The predicted octanol–water partition coefficient (Wildman–Crippen LogP) is 8.71. The van der Waals surface area contributed by atoms with Gasteiger partial charge in [-0.1, -0.05) is 79.7 Å². The standard InChI is InChI=1S/C39H42N2O4Se/c1-4-33(29-17-10-8-11-18-29)37(30-19-12-9-13-20-30)31-24-26-32(27-25-31)45-28-15-7-5-6-14-23-36(42)40-39(2,3)34-21-16-22-35(41(43)44)38(34)46-40/h8-13,16-22,24-27H,4-7,14-15,23,28H2,1-3H3/b37-33-. The maximum absolute atomic E-state index is 13.1. The van der Waals surface area contributed by atoms with E-state index >= 15 is 0 Å². The van der Waals surface area contributed by atoms with Crippen LogP contribution in [-0.4, -0.2) is 36.5 Å². The van der Waals surface area contributed by atoms with Crippen LogP contribution in [0.1, 0.15) is 88.0 Å². The summed E-state index contributed by atoms with van der Waals surface area (Å²) in [5, 5.41) is 11.5. The Bertz CT molecular complexity index is 1670. The number of unbranched alkanes of at least 4 members (excludes halogenated alkanes) is 4. The van der Waals surface area contributed by atoms with E-state index in [-0.39, 0.29) is 31.7 Å².